The van der Waals surface area contributed by atoms with Crippen molar-refractivity contribution in [3.8, 4) is 16.9 Å². The number of methoxy groups -OCH3 is 2. The van der Waals surface area contributed by atoms with Gasteiger partial charge >= 0.3 is 0 Å². The van der Waals surface area contributed by atoms with Crippen LogP contribution in [-0.4, -0.2) is 60.0 Å². The molecule has 0 aliphatic carbocycles. The van der Waals surface area contributed by atoms with Gasteiger partial charge in [-0.15, -0.1) is 11.3 Å². The summed E-state index contributed by atoms with van der Waals surface area (Å²) < 4.78 is 10.5. The molecule has 0 aliphatic rings. The summed E-state index contributed by atoms with van der Waals surface area (Å²) in [5.41, 5.74) is 1.53. The summed E-state index contributed by atoms with van der Waals surface area (Å²) in [6.07, 6.45) is 0.398. The Hall–Kier alpha value is -2.26. The zero-order valence-corrected chi connectivity index (χ0v) is 19.4. The number of hydrogen-bond acceptors (Lipinski definition) is 7. The number of para-hydroxylation sites is 1. The normalized spacial score (nSPS) is 12.7. The first-order valence-corrected chi connectivity index (χ1v) is 11.3. The molecule has 0 unspecified atom stereocenters. The van der Waals surface area contributed by atoms with E-state index >= 15 is 0 Å². The number of benzene rings is 1. The topological polar surface area (TPSA) is 87.7 Å². The molecule has 0 aliphatic heterocycles. The Morgan fingerprint density at radius 1 is 1.23 bits per heavy atom. The Labute approximate surface area is 186 Å². The standard InChI is InChI=1S/C23H31N3O4S/c1-15(2)9-10-26(11-16(27)13-29-3)12-20-24-22(28)21-18(14-31-23(21)25-20)17-7-5-6-8-19(17)30-4/h5-8,14-16,27H,9-13H2,1-4H3,(H,24,25,28)/t16-/m1/s1. The first-order chi connectivity index (χ1) is 14.9. The maximum absolute atomic E-state index is 13.0. The van der Waals surface area contributed by atoms with E-state index in [1.54, 1.807) is 14.2 Å². The maximum Gasteiger partial charge on any atom is 0.260 e. The van der Waals surface area contributed by atoms with E-state index in [-0.39, 0.29) is 12.2 Å². The summed E-state index contributed by atoms with van der Waals surface area (Å²) in [6, 6.07) is 7.65. The SMILES string of the molecule is COC[C@H](O)CN(CCC(C)C)Cc1nc2scc(-c3ccccc3OC)c2c(=O)[nH]1. The first-order valence-electron chi connectivity index (χ1n) is 10.5. The minimum atomic E-state index is -0.591. The van der Waals surface area contributed by atoms with Crippen LogP contribution in [0.5, 0.6) is 5.75 Å². The van der Waals surface area contributed by atoms with Crippen molar-refractivity contribution < 1.29 is 14.6 Å². The average molecular weight is 446 g/mol. The van der Waals surface area contributed by atoms with Gasteiger partial charge in [0.15, 0.2) is 0 Å². The monoisotopic (exact) mass is 445 g/mol. The molecule has 0 saturated carbocycles. The number of rotatable bonds is 11. The van der Waals surface area contributed by atoms with Crippen LogP contribution in [0.15, 0.2) is 34.4 Å². The van der Waals surface area contributed by atoms with Crippen LogP contribution in [-0.2, 0) is 11.3 Å². The Morgan fingerprint density at radius 3 is 2.71 bits per heavy atom. The van der Waals surface area contributed by atoms with Gasteiger partial charge in [-0.3, -0.25) is 9.69 Å². The van der Waals surface area contributed by atoms with E-state index in [4.69, 9.17) is 14.5 Å². The molecule has 0 saturated heterocycles. The van der Waals surface area contributed by atoms with Crippen molar-refractivity contribution >= 4 is 21.6 Å². The Balaban J connectivity index is 1.89. The summed E-state index contributed by atoms with van der Waals surface area (Å²) in [7, 11) is 3.20. The molecule has 1 aromatic carbocycles. The summed E-state index contributed by atoms with van der Waals surface area (Å²) in [5.74, 6) is 1.86. The Kier molecular flexibility index (Phi) is 8.20. The number of hydrogen-bond donors (Lipinski definition) is 2. The number of aromatic nitrogens is 2. The smallest absolute Gasteiger partial charge is 0.260 e. The van der Waals surface area contributed by atoms with E-state index in [0.29, 0.717) is 35.0 Å². The molecule has 0 spiro atoms. The molecule has 31 heavy (non-hydrogen) atoms. The lowest BCUT2D eigenvalue weighted by Crippen LogP contribution is -2.36. The molecule has 1 atom stereocenters. The highest BCUT2D eigenvalue weighted by molar-refractivity contribution is 7.17. The van der Waals surface area contributed by atoms with Crippen LogP contribution in [0, 0.1) is 5.92 Å². The van der Waals surface area contributed by atoms with E-state index in [9.17, 15) is 9.90 Å². The Bertz CT molecular complexity index is 1050. The number of thiophene rings is 1. The molecule has 168 valence electrons. The second kappa shape index (κ2) is 10.9. The number of nitrogens with one attached hydrogen (secondary N) is 1. The average Bonchev–Trinajstić information content (AvgIpc) is 3.16. The van der Waals surface area contributed by atoms with Gasteiger partial charge in [0, 0.05) is 30.2 Å². The fourth-order valence-electron chi connectivity index (χ4n) is 3.56. The first kappa shape index (κ1) is 23.4. The number of aromatic amines is 1. The summed E-state index contributed by atoms with van der Waals surface area (Å²) >= 11 is 1.45. The molecule has 0 bridgehead atoms. The number of H-pyrrole nitrogens is 1. The van der Waals surface area contributed by atoms with Crippen LogP contribution in [0.4, 0.5) is 0 Å². The van der Waals surface area contributed by atoms with Crippen molar-refractivity contribution in [2.75, 3.05) is 33.9 Å². The van der Waals surface area contributed by atoms with E-state index in [0.717, 1.165) is 29.8 Å². The van der Waals surface area contributed by atoms with Crippen LogP contribution >= 0.6 is 11.3 Å². The second-order valence-corrected chi connectivity index (χ2v) is 8.93. The zero-order chi connectivity index (χ0) is 22.4. The molecule has 0 fully saturated rings. The van der Waals surface area contributed by atoms with Gasteiger partial charge in [-0.05, 0) is 24.9 Å². The quantitative estimate of drug-likeness (QED) is 0.470. The van der Waals surface area contributed by atoms with Gasteiger partial charge in [0.1, 0.15) is 16.4 Å². The number of aliphatic hydroxyl groups is 1. The highest BCUT2D eigenvalue weighted by Gasteiger charge is 2.18. The third-order valence-electron chi connectivity index (χ3n) is 5.11. The largest absolute Gasteiger partial charge is 0.496 e. The third-order valence-corrected chi connectivity index (χ3v) is 5.99. The van der Waals surface area contributed by atoms with Crippen LogP contribution in [0.2, 0.25) is 0 Å². The third kappa shape index (κ3) is 5.92. The van der Waals surface area contributed by atoms with Crippen molar-refractivity contribution in [2.24, 2.45) is 5.92 Å². The maximum atomic E-state index is 13.0. The van der Waals surface area contributed by atoms with Crippen molar-refractivity contribution in [3.63, 3.8) is 0 Å². The molecule has 2 aromatic heterocycles. The highest BCUT2D eigenvalue weighted by atomic mass is 32.1. The second-order valence-electron chi connectivity index (χ2n) is 8.07. The minimum absolute atomic E-state index is 0.164. The Morgan fingerprint density at radius 2 is 2.00 bits per heavy atom. The molecule has 2 N–H and O–H groups in total. The minimum Gasteiger partial charge on any atom is -0.496 e. The van der Waals surface area contributed by atoms with Crippen molar-refractivity contribution in [2.45, 2.75) is 32.9 Å². The van der Waals surface area contributed by atoms with Crippen LogP contribution < -0.4 is 10.3 Å². The summed E-state index contributed by atoms with van der Waals surface area (Å²) in [5, 5.41) is 12.7. The van der Waals surface area contributed by atoms with E-state index < -0.39 is 6.10 Å². The number of nitrogens with zero attached hydrogens (tertiary/aromatic N) is 2. The van der Waals surface area contributed by atoms with Crippen molar-refractivity contribution in [1.29, 1.82) is 0 Å². The van der Waals surface area contributed by atoms with Crippen molar-refractivity contribution in [1.82, 2.24) is 14.9 Å². The van der Waals surface area contributed by atoms with Gasteiger partial charge in [-0.1, -0.05) is 32.0 Å². The molecule has 2 heterocycles. The van der Waals surface area contributed by atoms with Crippen LogP contribution in [0.3, 0.4) is 0 Å². The molecule has 0 radical (unpaired) electrons. The van der Waals surface area contributed by atoms with Gasteiger partial charge in [0.2, 0.25) is 0 Å². The fourth-order valence-corrected chi connectivity index (χ4v) is 4.52. The lowest BCUT2D eigenvalue weighted by Gasteiger charge is -2.25. The molecule has 8 heteroatoms. The predicted molar refractivity (Wildman–Crippen MR) is 125 cm³/mol. The number of aliphatic hydroxyl groups excluding tert-OH is 1. The zero-order valence-electron chi connectivity index (χ0n) is 18.6. The van der Waals surface area contributed by atoms with Gasteiger partial charge in [0.25, 0.3) is 5.56 Å². The molecular weight excluding hydrogens is 414 g/mol. The lowest BCUT2D eigenvalue weighted by atomic mass is 10.1. The molecule has 7 nitrogen and oxygen atoms in total. The summed E-state index contributed by atoms with van der Waals surface area (Å²) in [4.78, 5) is 23.5. The van der Waals surface area contributed by atoms with E-state index in [2.05, 4.69) is 23.7 Å². The van der Waals surface area contributed by atoms with Crippen LogP contribution in [0.1, 0.15) is 26.1 Å². The number of fused-ring (bicyclic) bond motifs is 1. The fraction of sp³-hybridized carbons (Fsp3) is 0.478. The highest BCUT2D eigenvalue weighted by Crippen LogP contribution is 2.36. The van der Waals surface area contributed by atoms with Crippen LogP contribution in [0.25, 0.3) is 21.3 Å². The van der Waals surface area contributed by atoms with Gasteiger partial charge < -0.3 is 19.6 Å². The van der Waals surface area contributed by atoms with Gasteiger partial charge in [-0.2, -0.15) is 0 Å². The molecular formula is C23H31N3O4S. The number of ether oxygens (including phenoxy) is 2. The predicted octanol–water partition coefficient (Wildman–Crippen LogP) is 3.52. The summed E-state index contributed by atoms with van der Waals surface area (Å²) in [6.45, 7) is 6.33. The lowest BCUT2D eigenvalue weighted by molar-refractivity contribution is 0.0342. The van der Waals surface area contributed by atoms with Gasteiger partial charge in [-0.25, -0.2) is 4.98 Å². The van der Waals surface area contributed by atoms with Gasteiger partial charge in [0.05, 0.1) is 31.8 Å². The molecule has 3 rings (SSSR count). The van der Waals surface area contributed by atoms with Crippen molar-refractivity contribution in [3.05, 3.63) is 45.8 Å². The molecule has 0 amide bonds. The van der Waals surface area contributed by atoms with E-state index in [1.165, 1.54) is 11.3 Å². The van der Waals surface area contributed by atoms with E-state index in [1.807, 2.05) is 29.6 Å². The molecule has 3 aromatic rings.